The van der Waals surface area contributed by atoms with Gasteiger partial charge in [0, 0.05) is 34.1 Å². The highest BCUT2D eigenvalue weighted by Crippen LogP contribution is 2.48. The van der Waals surface area contributed by atoms with Crippen LogP contribution in [-0.2, 0) is 0 Å². The van der Waals surface area contributed by atoms with E-state index in [1.807, 2.05) is 0 Å². The number of anilines is 6. The zero-order valence-electron chi connectivity index (χ0n) is 33.7. The van der Waals surface area contributed by atoms with Crippen LogP contribution in [0, 0.1) is 0 Å². The van der Waals surface area contributed by atoms with Crippen molar-refractivity contribution in [2.75, 3.05) is 9.80 Å². The van der Waals surface area contributed by atoms with Gasteiger partial charge in [-0.2, -0.15) is 0 Å². The normalized spacial score (nSPS) is 11.4. The molecule has 0 unspecified atom stereocenters. The highest BCUT2D eigenvalue weighted by atomic mass is 15.1. The van der Waals surface area contributed by atoms with E-state index in [1.165, 1.54) is 54.9 Å². The molecule has 0 saturated carbocycles. The van der Waals surface area contributed by atoms with E-state index in [0.29, 0.717) is 11.8 Å². The Bertz CT molecular complexity index is 2590. The zero-order valence-corrected chi connectivity index (χ0v) is 33.7. The molecule has 9 aromatic carbocycles. The van der Waals surface area contributed by atoms with E-state index in [1.54, 1.807) is 0 Å². The molecule has 0 N–H and O–H groups in total. The van der Waals surface area contributed by atoms with Gasteiger partial charge in [-0.1, -0.05) is 161 Å². The van der Waals surface area contributed by atoms with Gasteiger partial charge in [0.15, 0.2) is 0 Å². The second-order valence-corrected chi connectivity index (χ2v) is 15.8. The van der Waals surface area contributed by atoms with Crippen LogP contribution >= 0.6 is 0 Å². The van der Waals surface area contributed by atoms with Crippen molar-refractivity contribution in [3.05, 3.63) is 217 Å². The standard InChI is InChI=1S/C56H48N2/c1-39(2)41-25-29-47(30-26-41)57(45-21-13-7-14-22-45)49-33-35-51-53(37-49)55(43-17-9-5-10-18-43)52-36-34-50(38-54(52)56(51)44-19-11-6-12-20-44)58(46-23-15-8-16-24-46)48-31-27-42(28-32-48)40(3)4/h5-40H,1-4H3. The molecule has 2 nitrogen and oxygen atoms in total. The smallest absolute Gasteiger partial charge is 0.0468 e. The van der Waals surface area contributed by atoms with Crippen LogP contribution in [0.5, 0.6) is 0 Å². The number of fused-ring (bicyclic) bond motifs is 2. The summed E-state index contributed by atoms with van der Waals surface area (Å²) in [5.74, 6) is 0.924. The molecule has 0 aromatic heterocycles. The summed E-state index contributed by atoms with van der Waals surface area (Å²) in [6.45, 7) is 9.00. The lowest BCUT2D eigenvalue weighted by Crippen LogP contribution is -2.10. The molecule has 2 heteroatoms. The van der Waals surface area contributed by atoms with Gasteiger partial charge in [0.05, 0.1) is 0 Å². The van der Waals surface area contributed by atoms with Gasteiger partial charge in [0.25, 0.3) is 0 Å². The molecular formula is C56H48N2. The molecule has 0 fully saturated rings. The Morgan fingerprint density at radius 1 is 0.276 bits per heavy atom. The first kappa shape index (κ1) is 36.7. The van der Waals surface area contributed by atoms with Gasteiger partial charge in [-0.15, -0.1) is 0 Å². The van der Waals surface area contributed by atoms with E-state index in [-0.39, 0.29) is 0 Å². The molecule has 0 bridgehead atoms. The van der Waals surface area contributed by atoms with Crippen molar-refractivity contribution in [3.8, 4) is 22.3 Å². The van der Waals surface area contributed by atoms with Gasteiger partial charge < -0.3 is 9.80 Å². The Kier molecular flexibility index (Phi) is 10.1. The molecule has 9 rings (SSSR count). The first-order chi connectivity index (χ1) is 28.4. The predicted molar refractivity (Wildman–Crippen MR) is 250 cm³/mol. The Balaban J connectivity index is 1.33. The van der Waals surface area contributed by atoms with E-state index in [0.717, 1.165) is 34.1 Å². The van der Waals surface area contributed by atoms with Gasteiger partial charge in [-0.3, -0.25) is 0 Å². The lowest BCUT2D eigenvalue weighted by atomic mass is 9.85. The van der Waals surface area contributed by atoms with Crippen molar-refractivity contribution in [1.82, 2.24) is 0 Å². The van der Waals surface area contributed by atoms with Gasteiger partial charge in [-0.05, 0) is 140 Å². The topological polar surface area (TPSA) is 6.48 Å². The Labute approximate surface area is 343 Å². The van der Waals surface area contributed by atoms with Gasteiger partial charge >= 0.3 is 0 Å². The van der Waals surface area contributed by atoms with Crippen LogP contribution in [0.3, 0.4) is 0 Å². The SMILES string of the molecule is CC(C)c1ccc(N(c2ccccc2)c2ccc3c(-c4ccccc4)c4cc(N(c5ccccc5)c5ccc(C(C)C)cc5)ccc4c(-c4ccccc4)c3c2)cc1. The number of benzene rings is 9. The van der Waals surface area contributed by atoms with Crippen LogP contribution in [0.1, 0.15) is 50.7 Å². The molecule has 0 aliphatic heterocycles. The largest absolute Gasteiger partial charge is 0.310 e. The number of rotatable bonds is 10. The molecule has 0 atom stereocenters. The van der Waals surface area contributed by atoms with Crippen molar-refractivity contribution in [2.45, 2.75) is 39.5 Å². The van der Waals surface area contributed by atoms with E-state index in [4.69, 9.17) is 0 Å². The molecule has 0 spiro atoms. The second kappa shape index (κ2) is 15.9. The van der Waals surface area contributed by atoms with Crippen LogP contribution in [0.15, 0.2) is 206 Å². The van der Waals surface area contributed by atoms with Crippen molar-refractivity contribution >= 4 is 55.7 Å². The third-order valence-corrected chi connectivity index (χ3v) is 11.4. The van der Waals surface area contributed by atoms with Crippen molar-refractivity contribution in [1.29, 1.82) is 0 Å². The number of hydrogen-bond acceptors (Lipinski definition) is 2. The summed E-state index contributed by atoms with van der Waals surface area (Å²) < 4.78 is 0. The quantitative estimate of drug-likeness (QED) is 0.129. The lowest BCUT2D eigenvalue weighted by Gasteiger charge is -2.28. The van der Waals surface area contributed by atoms with Gasteiger partial charge in [0.2, 0.25) is 0 Å². The minimum absolute atomic E-state index is 0.462. The summed E-state index contributed by atoms with van der Waals surface area (Å²) in [5, 5.41) is 4.86. The van der Waals surface area contributed by atoms with Gasteiger partial charge in [0.1, 0.15) is 0 Å². The summed E-state index contributed by atoms with van der Waals surface area (Å²) in [6, 6.07) is 75.5. The van der Waals surface area contributed by atoms with E-state index in [2.05, 4.69) is 244 Å². The van der Waals surface area contributed by atoms with Crippen LogP contribution in [0.25, 0.3) is 43.8 Å². The van der Waals surface area contributed by atoms with Gasteiger partial charge in [-0.25, -0.2) is 0 Å². The highest BCUT2D eigenvalue weighted by Gasteiger charge is 2.22. The Morgan fingerprint density at radius 2 is 0.569 bits per heavy atom. The molecule has 0 aliphatic rings. The first-order valence-electron chi connectivity index (χ1n) is 20.5. The first-order valence-corrected chi connectivity index (χ1v) is 20.5. The van der Waals surface area contributed by atoms with Crippen LogP contribution < -0.4 is 9.80 Å². The third-order valence-electron chi connectivity index (χ3n) is 11.4. The maximum absolute atomic E-state index is 2.41. The molecule has 58 heavy (non-hydrogen) atoms. The summed E-state index contributed by atoms with van der Waals surface area (Å²) in [5.41, 5.74) is 14.2. The lowest BCUT2D eigenvalue weighted by molar-refractivity contribution is 0.866. The molecular weight excluding hydrogens is 701 g/mol. The average Bonchev–Trinajstić information content (AvgIpc) is 3.27. The number of hydrogen-bond donors (Lipinski definition) is 0. The summed E-state index contributed by atoms with van der Waals surface area (Å²) in [4.78, 5) is 4.77. The highest BCUT2D eigenvalue weighted by molar-refractivity contribution is 6.22. The van der Waals surface area contributed by atoms with Crippen LogP contribution in [0.4, 0.5) is 34.1 Å². The fourth-order valence-electron chi connectivity index (χ4n) is 8.38. The van der Waals surface area contributed by atoms with E-state index >= 15 is 0 Å². The van der Waals surface area contributed by atoms with Crippen molar-refractivity contribution in [2.24, 2.45) is 0 Å². The van der Waals surface area contributed by atoms with Crippen LogP contribution in [0.2, 0.25) is 0 Å². The monoisotopic (exact) mass is 748 g/mol. The fraction of sp³-hybridized carbons (Fsp3) is 0.107. The summed E-state index contributed by atoms with van der Waals surface area (Å²) in [7, 11) is 0. The maximum Gasteiger partial charge on any atom is 0.0468 e. The maximum atomic E-state index is 2.41. The van der Waals surface area contributed by atoms with Crippen molar-refractivity contribution in [3.63, 3.8) is 0 Å². The van der Waals surface area contributed by atoms with Crippen molar-refractivity contribution < 1.29 is 0 Å². The predicted octanol–water partition coefficient (Wildman–Crippen LogP) is 16.5. The molecule has 9 aromatic rings. The Hall–Kier alpha value is -6.90. The van der Waals surface area contributed by atoms with E-state index in [9.17, 15) is 0 Å². The summed E-state index contributed by atoms with van der Waals surface area (Å²) in [6.07, 6.45) is 0. The third kappa shape index (κ3) is 7.03. The summed E-state index contributed by atoms with van der Waals surface area (Å²) >= 11 is 0. The molecule has 0 heterocycles. The Morgan fingerprint density at radius 3 is 0.897 bits per heavy atom. The molecule has 282 valence electrons. The second-order valence-electron chi connectivity index (χ2n) is 15.8. The zero-order chi connectivity index (χ0) is 39.6. The minimum atomic E-state index is 0.462. The molecule has 0 aliphatic carbocycles. The molecule has 0 radical (unpaired) electrons. The van der Waals surface area contributed by atoms with Crippen LogP contribution in [-0.4, -0.2) is 0 Å². The average molecular weight is 749 g/mol. The number of nitrogens with zero attached hydrogens (tertiary/aromatic N) is 2. The fourth-order valence-corrected chi connectivity index (χ4v) is 8.38. The number of para-hydroxylation sites is 2. The minimum Gasteiger partial charge on any atom is -0.310 e. The van der Waals surface area contributed by atoms with E-state index < -0.39 is 0 Å². The molecule has 0 amide bonds. The molecule has 0 saturated heterocycles.